The maximum Gasteiger partial charge on any atom is 0.307 e. The number of rotatable bonds is 2. The Labute approximate surface area is 91.4 Å². The van der Waals surface area contributed by atoms with Gasteiger partial charge in [0.1, 0.15) is 0 Å². The zero-order valence-electron chi connectivity index (χ0n) is 9.73. The predicted octanol–water partition coefficient (Wildman–Crippen LogP) is 2.95. The molecule has 2 bridgehead atoms. The van der Waals surface area contributed by atoms with E-state index in [9.17, 15) is 9.90 Å². The number of allylic oxidation sites excluding steroid dienone is 2. The molecule has 15 heavy (non-hydrogen) atoms. The van der Waals surface area contributed by atoms with Crippen LogP contribution in [0.1, 0.15) is 33.6 Å². The third-order valence-corrected chi connectivity index (χ3v) is 4.32. The van der Waals surface area contributed by atoms with Crippen LogP contribution in [0.4, 0.5) is 0 Å². The van der Waals surface area contributed by atoms with E-state index in [0.717, 1.165) is 12.8 Å². The van der Waals surface area contributed by atoms with Crippen molar-refractivity contribution in [3.8, 4) is 0 Å². The summed E-state index contributed by atoms with van der Waals surface area (Å²) in [6, 6.07) is 0. The molecule has 2 nitrogen and oxygen atoms in total. The summed E-state index contributed by atoms with van der Waals surface area (Å²) in [5.41, 5.74) is 1.32. The van der Waals surface area contributed by atoms with Gasteiger partial charge in [0.2, 0.25) is 0 Å². The van der Waals surface area contributed by atoms with E-state index in [2.05, 4.69) is 26.8 Å². The zero-order chi connectivity index (χ0) is 11.2. The minimum Gasteiger partial charge on any atom is -0.481 e. The maximum absolute atomic E-state index is 11.1. The van der Waals surface area contributed by atoms with Crippen LogP contribution in [0.5, 0.6) is 0 Å². The molecule has 0 radical (unpaired) electrons. The summed E-state index contributed by atoms with van der Waals surface area (Å²) in [6.45, 7) is 6.61. The monoisotopic (exact) mass is 208 g/mol. The molecule has 84 valence electrons. The Morgan fingerprint density at radius 1 is 1.47 bits per heavy atom. The molecule has 0 heterocycles. The quantitative estimate of drug-likeness (QED) is 0.708. The first-order chi connectivity index (χ1) is 7.00. The highest BCUT2D eigenvalue weighted by Crippen LogP contribution is 2.49. The summed E-state index contributed by atoms with van der Waals surface area (Å²) in [7, 11) is 0. The SMILES string of the molecule is CC1=C[C@@H]2C[C@H](C(=O)O)[C@H]1CC2C(C)C. The highest BCUT2D eigenvalue weighted by Gasteiger charge is 2.44. The highest BCUT2D eigenvalue weighted by molar-refractivity contribution is 5.71. The Morgan fingerprint density at radius 2 is 2.13 bits per heavy atom. The molecule has 1 fully saturated rings. The molecule has 3 aliphatic rings. The van der Waals surface area contributed by atoms with Gasteiger partial charge in [0, 0.05) is 0 Å². The van der Waals surface area contributed by atoms with Crippen LogP contribution in [-0.2, 0) is 4.79 Å². The minimum absolute atomic E-state index is 0.116. The lowest BCUT2D eigenvalue weighted by Gasteiger charge is -2.46. The maximum atomic E-state index is 11.1. The molecular formula is C13H20O2. The number of carboxylic acids is 1. The van der Waals surface area contributed by atoms with Crippen molar-refractivity contribution in [1.82, 2.24) is 0 Å². The van der Waals surface area contributed by atoms with Gasteiger partial charge >= 0.3 is 5.97 Å². The fourth-order valence-corrected chi connectivity index (χ4v) is 3.46. The summed E-state index contributed by atoms with van der Waals surface area (Å²) in [5, 5.41) is 9.18. The lowest BCUT2D eigenvalue weighted by molar-refractivity contribution is -0.146. The van der Waals surface area contributed by atoms with Crippen LogP contribution in [0.3, 0.4) is 0 Å². The number of carbonyl (C=O) groups is 1. The summed E-state index contributed by atoms with van der Waals surface area (Å²) >= 11 is 0. The number of fused-ring (bicyclic) bond motifs is 2. The molecule has 0 aromatic heterocycles. The van der Waals surface area contributed by atoms with Gasteiger partial charge in [-0.05, 0) is 43.4 Å². The second-order valence-electron chi connectivity index (χ2n) is 5.51. The lowest BCUT2D eigenvalue weighted by Crippen LogP contribution is -2.41. The van der Waals surface area contributed by atoms with E-state index in [0.29, 0.717) is 23.7 Å². The molecule has 4 atom stereocenters. The second-order valence-corrected chi connectivity index (χ2v) is 5.51. The first-order valence-electron chi connectivity index (χ1n) is 5.91. The molecule has 2 heteroatoms. The molecule has 3 rings (SSSR count). The zero-order valence-corrected chi connectivity index (χ0v) is 9.73. The number of aliphatic carboxylic acids is 1. The largest absolute Gasteiger partial charge is 0.481 e. The molecule has 0 amide bonds. The van der Waals surface area contributed by atoms with E-state index in [1.54, 1.807) is 0 Å². The van der Waals surface area contributed by atoms with E-state index in [1.165, 1.54) is 5.57 Å². The van der Waals surface area contributed by atoms with E-state index >= 15 is 0 Å². The number of carboxylic acid groups (broad SMARTS) is 1. The molecule has 0 saturated heterocycles. The molecular weight excluding hydrogens is 188 g/mol. The smallest absolute Gasteiger partial charge is 0.307 e. The standard InChI is InChI=1S/C13H20O2/c1-7(2)10-6-11-8(3)4-9(10)5-12(11)13(14)15/h4,7,9-12H,5-6H2,1-3H3,(H,14,15)/t9-,10?,11+,12+/m1/s1. The Morgan fingerprint density at radius 3 is 2.60 bits per heavy atom. The van der Waals surface area contributed by atoms with Gasteiger partial charge in [-0.1, -0.05) is 25.5 Å². The van der Waals surface area contributed by atoms with E-state index in [1.807, 2.05) is 0 Å². The summed E-state index contributed by atoms with van der Waals surface area (Å²) in [4.78, 5) is 11.1. The van der Waals surface area contributed by atoms with Crippen molar-refractivity contribution in [3.05, 3.63) is 11.6 Å². The molecule has 1 unspecified atom stereocenters. The van der Waals surface area contributed by atoms with Crippen LogP contribution < -0.4 is 0 Å². The summed E-state index contributed by atoms with van der Waals surface area (Å²) in [6.07, 6.45) is 4.28. The van der Waals surface area contributed by atoms with Crippen LogP contribution in [-0.4, -0.2) is 11.1 Å². The fourth-order valence-electron chi connectivity index (χ4n) is 3.46. The van der Waals surface area contributed by atoms with E-state index in [4.69, 9.17) is 0 Å². The summed E-state index contributed by atoms with van der Waals surface area (Å²) in [5.74, 6) is 1.48. The molecule has 0 spiro atoms. The van der Waals surface area contributed by atoms with Crippen LogP contribution in [0.2, 0.25) is 0 Å². The molecule has 0 aromatic rings. The first-order valence-corrected chi connectivity index (χ1v) is 5.91. The Kier molecular flexibility index (Phi) is 2.61. The van der Waals surface area contributed by atoms with Crippen LogP contribution in [0.15, 0.2) is 11.6 Å². The van der Waals surface area contributed by atoms with Gasteiger partial charge in [0.15, 0.2) is 0 Å². The fraction of sp³-hybridized carbons (Fsp3) is 0.769. The topological polar surface area (TPSA) is 37.3 Å². The van der Waals surface area contributed by atoms with Crippen molar-refractivity contribution in [2.24, 2.45) is 29.6 Å². The van der Waals surface area contributed by atoms with Crippen molar-refractivity contribution >= 4 is 5.97 Å². The molecule has 3 aliphatic carbocycles. The van der Waals surface area contributed by atoms with Crippen molar-refractivity contribution in [2.75, 3.05) is 0 Å². The van der Waals surface area contributed by atoms with Gasteiger partial charge in [-0.2, -0.15) is 0 Å². The third-order valence-electron chi connectivity index (χ3n) is 4.32. The van der Waals surface area contributed by atoms with Gasteiger partial charge in [-0.25, -0.2) is 0 Å². The number of hydrogen-bond acceptors (Lipinski definition) is 1. The molecule has 0 aliphatic heterocycles. The molecule has 0 aromatic carbocycles. The van der Waals surface area contributed by atoms with Gasteiger partial charge in [0.05, 0.1) is 5.92 Å². The van der Waals surface area contributed by atoms with E-state index < -0.39 is 5.97 Å². The minimum atomic E-state index is -0.598. The molecule has 1 N–H and O–H groups in total. The van der Waals surface area contributed by atoms with Gasteiger partial charge in [0.25, 0.3) is 0 Å². The first kappa shape index (κ1) is 10.7. The van der Waals surface area contributed by atoms with Crippen LogP contribution in [0, 0.1) is 29.6 Å². The van der Waals surface area contributed by atoms with Gasteiger partial charge in [-0.15, -0.1) is 0 Å². The van der Waals surface area contributed by atoms with Gasteiger partial charge < -0.3 is 5.11 Å². The third kappa shape index (κ3) is 1.70. The van der Waals surface area contributed by atoms with Crippen molar-refractivity contribution in [1.29, 1.82) is 0 Å². The Balaban J connectivity index is 2.23. The van der Waals surface area contributed by atoms with Crippen molar-refractivity contribution in [3.63, 3.8) is 0 Å². The highest BCUT2D eigenvalue weighted by atomic mass is 16.4. The average molecular weight is 208 g/mol. The van der Waals surface area contributed by atoms with Crippen LogP contribution >= 0.6 is 0 Å². The second kappa shape index (κ2) is 3.66. The Hall–Kier alpha value is -0.790. The van der Waals surface area contributed by atoms with Crippen molar-refractivity contribution < 1.29 is 9.90 Å². The van der Waals surface area contributed by atoms with Crippen molar-refractivity contribution in [2.45, 2.75) is 33.6 Å². The number of hydrogen-bond donors (Lipinski definition) is 1. The molecule has 1 saturated carbocycles. The predicted molar refractivity (Wildman–Crippen MR) is 59.4 cm³/mol. The average Bonchev–Trinajstić information content (AvgIpc) is 2.16. The van der Waals surface area contributed by atoms with E-state index in [-0.39, 0.29) is 5.92 Å². The normalized spacial score (nSPS) is 39.3. The van der Waals surface area contributed by atoms with Gasteiger partial charge in [-0.3, -0.25) is 4.79 Å². The lowest BCUT2D eigenvalue weighted by atomic mass is 9.58. The van der Waals surface area contributed by atoms with Crippen LogP contribution in [0.25, 0.3) is 0 Å². The summed E-state index contributed by atoms with van der Waals surface area (Å²) < 4.78 is 0. The Bertz CT molecular complexity index is 304.